The minimum Gasteiger partial charge on any atom is -0.457 e. The van der Waals surface area contributed by atoms with Gasteiger partial charge < -0.3 is 39.4 Å². The van der Waals surface area contributed by atoms with Crippen molar-refractivity contribution in [3.05, 3.63) is 60.8 Å². The first-order chi connectivity index (χ1) is 24.4. The van der Waals surface area contributed by atoms with Gasteiger partial charge in [-0.3, -0.25) is 4.79 Å². The second-order valence-corrected chi connectivity index (χ2v) is 13.0. The van der Waals surface area contributed by atoms with E-state index in [4.69, 9.17) is 18.9 Å². The van der Waals surface area contributed by atoms with Crippen LogP contribution in [0.5, 0.6) is 0 Å². The summed E-state index contributed by atoms with van der Waals surface area (Å²) in [6.07, 6.45) is 32.5. The number of rotatable bonds is 31. The fraction of sp³-hybridized carbons (Fsp3) is 0.732. The van der Waals surface area contributed by atoms with E-state index in [2.05, 4.69) is 74.6 Å². The normalized spacial score (nSPS) is 22.2. The molecule has 0 bridgehead atoms. The van der Waals surface area contributed by atoms with Crippen LogP contribution in [0.4, 0.5) is 0 Å². The van der Waals surface area contributed by atoms with Crippen LogP contribution in [0, 0.1) is 0 Å². The first-order valence-electron chi connectivity index (χ1n) is 19.4. The van der Waals surface area contributed by atoms with Crippen molar-refractivity contribution in [3.63, 3.8) is 0 Å². The molecular formula is C41H70O9. The highest BCUT2D eigenvalue weighted by Gasteiger charge is 2.44. The molecule has 9 heteroatoms. The minimum atomic E-state index is -1.54. The van der Waals surface area contributed by atoms with Gasteiger partial charge in [-0.2, -0.15) is 0 Å². The van der Waals surface area contributed by atoms with Crippen molar-refractivity contribution in [1.29, 1.82) is 0 Å². The number of carbonyl (C=O) groups excluding carboxylic acids is 1. The topological polar surface area (TPSA) is 135 Å². The zero-order valence-corrected chi connectivity index (χ0v) is 31.1. The summed E-state index contributed by atoms with van der Waals surface area (Å²) >= 11 is 0. The molecule has 0 radical (unpaired) electrons. The smallest absolute Gasteiger partial charge is 0.306 e. The lowest BCUT2D eigenvalue weighted by Gasteiger charge is -2.39. The van der Waals surface area contributed by atoms with E-state index in [-0.39, 0.29) is 19.2 Å². The van der Waals surface area contributed by atoms with Crippen molar-refractivity contribution in [3.8, 4) is 0 Å². The summed E-state index contributed by atoms with van der Waals surface area (Å²) in [7, 11) is 0. The number of hydrogen-bond acceptors (Lipinski definition) is 9. The monoisotopic (exact) mass is 707 g/mol. The number of ether oxygens (including phenoxy) is 4. The Balaban J connectivity index is 2.36. The van der Waals surface area contributed by atoms with E-state index in [1.165, 1.54) is 12.8 Å². The van der Waals surface area contributed by atoms with Gasteiger partial charge in [-0.25, -0.2) is 0 Å². The van der Waals surface area contributed by atoms with Crippen molar-refractivity contribution >= 4 is 5.97 Å². The molecule has 1 fully saturated rings. The molecule has 50 heavy (non-hydrogen) atoms. The van der Waals surface area contributed by atoms with Crippen molar-refractivity contribution in [1.82, 2.24) is 0 Å². The van der Waals surface area contributed by atoms with Crippen LogP contribution in [-0.4, -0.2) is 89.6 Å². The summed E-state index contributed by atoms with van der Waals surface area (Å²) in [6.45, 7) is 4.29. The van der Waals surface area contributed by atoms with Crippen LogP contribution < -0.4 is 0 Å². The van der Waals surface area contributed by atoms with Crippen LogP contribution in [0.1, 0.15) is 129 Å². The van der Waals surface area contributed by atoms with Crippen LogP contribution in [0.25, 0.3) is 0 Å². The molecule has 1 aliphatic heterocycles. The standard InChI is InChI=1S/C41H70O9/c1-3-5-7-9-11-13-15-16-17-18-19-21-23-25-27-29-31-47-33-35(34-48-41-40(46)39(45)38(44)36(32-42)50-41)49-37(43)30-28-26-24-22-20-14-12-10-8-6-4-2/h5,7,10-13,16-17,19,21,35-36,38-42,44-46H,3-4,6,8-9,14-15,18,20,22-34H2,1-2H3/b7-5-,12-10-,13-11-,17-16-,21-19-. The number of unbranched alkanes of at least 4 members (excludes halogenated alkanes) is 10. The maximum atomic E-state index is 12.7. The van der Waals surface area contributed by atoms with Crippen molar-refractivity contribution in [2.45, 2.75) is 166 Å². The lowest BCUT2D eigenvalue weighted by Crippen LogP contribution is -2.59. The van der Waals surface area contributed by atoms with Crippen molar-refractivity contribution in [2.24, 2.45) is 0 Å². The molecule has 0 aromatic carbocycles. The number of esters is 1. The van der Waals surface area contributed by atoms with Crippen LogP contribution in [-0.2, 0) is 23.7 Å². The van der Waals surface area contributed by atoms with Crippen LogP contribution in [0.15, 0.2) is 60.8 Å². The molecule has 1 rings (SSSR count). The van der Waals surface area contributed by atoms with Gasteiger partial charge in [-0.15, -0.1) is 0 Å². The first kappa shape index (κ1) is 45.9. The van der Waals surface area contributed by atoms with E-state index < -0.39 is 43.4 Å². The van der Waals surface area contributed by atoms with E-state index in [0.29, 0.717) is 13.0 Å². The third-order valence-electron chi connectivity index (χ3n) is 8.42. The summed E-state index contributed by atoms with van der Waals surface area (Å²) in [4.78, 5) is 12.7. The van der Waals surface area contributed by atoms with Crippen LogP contribution >= 0.6 is 0 Å². The zero-order chi connectivity index (χ0) is 36.5. The highest BCUT2D eigenvalue weighted by atomic mass is 16.7. The SMILES string of the molecule is CC/C=C\C/C=C\C/C=C\C/C=C\CCCCCOCC(COC1OC(CO)C(O)C(O)C1O)OC(=O)CCCCCCC/C=C\CCCC. The average Bonchev–Trinajstić information content (AvgIpc) is 3.11. The van der Waals surface area contributed by atoms with Crippen LogP contribution in [0.3, 0.4) is 0 Å². The predicted octanol–water partition coefficient (Wildman–Crippen LogP) is 7.57. The lowest BCUT2D eigenvalue weighted by molar-refractivity contribution is -0.305. The Labute approximate surface area is 303 Å². The minimum absolute atomic E-state index is 0.117. The third kappa shape index (κ3) is 24.1. The first-order valence-corrected chi connectivity index (χ1v) is 19.4. The third-order valence-corrected chi connectivity index (χ3v) is 8.42. The molecular weight excluding hydrogens is 636 g/mol. The fourth-order valence-electron chi connectivity index (χ4n) is 5.34. The summed E-state index contributed by atoms with van der Waals surface area (Å²) in [5.74, 6) is -0.340. The number of aliphatic hydroxyl groups excluding tert-OH is 4. The lowest BCUT2D eigenvalue weighted by atomic mass is 9.99. The molecule has 9 nitrogen and oxygen atoms in total. The Hall–Kier alpha value is -2.11. The van der Waals surface area contributed by atoms with E-state index in [0.717, 1.165) is 96.3 Å². The van der Waals surface area contributed by atoms with Gasteiger partial charge >= 0.3 is 5.97 Å². The Morgan fingerprint density at radius 2 is 1.22 bits per heavy atom. The molecule has 0 amide bonds. The molecule has 0 saturated carbocycles. The van der Waals surface area contributed by atoms with E-state index >= 15 is 0 Å². The second-order valence-electron chi connectivity index (χ2n) is 13.0. The Bertz CT molecular complexity index is 942. The number of carbonyl (C=O) groups is 1. The molecule has 1 heterocycles. The highest BCUT2D eigenvalue weighted by Crippen LogP contribution is 2.22. The van der Waals surface area contributed by atoms with Gasteiger partial charge in [0.15, 0.2) is 6.29 Å². The van der Waals surface area contributed by atoms with E-state index in [9.17, 15) is 25.2 Å². The molecule has 1 saturated heterocycles. The Morgan fingerprint density at radius 3 is 1.86 bits per heavy atom. The molecule has 6 unspecified atom stereocenters. The molecule has 0 aromatic rings. The summed E-state index contributed by atoms with van der Waals surface area (Å²) in [5, 5.41) is 39.9. The molecule has 0 aromatic heterocycles. The largest absolute Gasteiger partial charge is 0.457 e. The van der Waals surface area contributed by atoms with E-state index in [1.54, 1.807) is 0 Å². The van der Waals surface area contributed by atoms with Gasteiger partial charge in [0.05, 0.1) is 19.8 Å². The maximum Gasteiger partial charge on any atom is 0.306 e. The Kier molecular flexibility index (Phi) is 30.1. The maximum absolute atomic E-state index is 12.7. The predicted molar refractivity (Wildman–Crippen MR) is 201 cm³/mol. The fourth-order valence-corrected chi connectivity index (χ4v) is 5.34. The molecule has 4 N–H and O–H groups in total. The average molecular weight is 707 g/mol. The van der Waals surface area contributed by atoms with Crippen LogP contribution in [0.2, 0.25) is 0 Å². The molecule has 6 atom stereocenters. The highest BCUT2D eigenvalue weighted by molar-refractivity contribution is 5.69. The summed E-state index contributed by atoms with van der Waals surface area (Å²) in [5.41, 5.74) is 0. The Morgan fingerprint density at radius 1 is 0.660 bits per heavy atom. The van der Waals surface area contributed by atoms with Gasteiger partial charge in [0.25, 0.3) is 0 Å². The quantitative estimate of drug-likeness (QED) is 0.0327. The molecule has 0 spiro atoms. The number of hydrogen-bond donors (Lipinski definition) is 4. The van der Waals surface area contributed by atoms with Gasteiger partial charge in [0.1, 0.15) is 30.5 Å². The summed E-state index contributed by atoms with van der Waals surface area (Å²) in [6, 6.07) is 0. The van der Waals surface area contributed by atoms with Gasteiger partial charge in [-0.05, 0) is 70.6 Å². The number of allylic oxidation sites excluding steroid dienone is 10. The second kappa shape index (κ2) is 32.8. The van der Waals surface area contributed by atoms with E-state index in [1.807, 2.05) is 0 Å². The number of aliphatic hydroxyl groups is 4. The van der Waals surface area contributed by atoms with Gasteiger partial charge in [-0.1, -0.05) is 113 Å². The van der Waals surface area contributed by atoms with Gasteiger partial charge in [0.2, 0.25) is 0 Å². The molecule has 288 valence electrons. The molecule has 1 aliphatic rings. The van der Waals surface area contributed by atoms with Gasteiger partial charge in [0, 0.05) is 13.0 Å². The zero-order valence-electron chi connectivity index (χ0n) is 31.1. The van der Waals surface area contributed by atoms with Crippen molar-refractivity contribution in [2.75, 3.05) is 26.4 Å². The summed E-state index contributed by atoms with van der Waals surface area (Å²) < 4.78 is 22.6. The molecule has 0 aliphatic carbocycles. The van der Waals surface area contributed by atoms with Crippen molar-refractivity contribution < 1.29 is 44.2 Å².